The van der Waals surface area contributed by atoms with Gasteiger partial charge in [-0.15, -0.1) is 0 Å². The Bertz CT molecular complexity index is 703. The SMILES string of the molecule is CCCNC(=O)N(C)C[C@@H]1Oc2ncc(Br)cc2C(=O)N([C@H](C)CO)C[C@@H]1C. The molecule has 1 aliphatic heterocycles. The molecular formula is C19H29BrN4O4. The average molecular weight is 457 g/mol. The second-order valence-corrected chi connectivity index (χ2v) is 8.16. The highest BCUT2D eigenvalue weighted by Gasteiger charge is 2.34. The van der Waals surface area contributed by atoms with Crippen LogP contribution in [0.1, 0.15) is 37.6 Å². The molecule has 1 aromatic rings. The van der Waals surface area contributed by atoms with Crippen LogP contribution in [0.5, 0.6) is 5.88 Å². The Hall–Kier alpha value is -1.87. The summed E-state index contributed by atoms with van der Waals surface area (Å²) < 4.78 is 6.77. The predicted molar refractivity (Wildman–Crippen MR) is 109 cm³/mol. The van der Waals surface area contributed by atoms with E-state index in [0.717, 1.165) is 6.42 Å². The minimum Gasteiger partial charge on any atom is -0.472 e. The molecule has 0 fully saturated rings. The number of aromatic nitrogens is 1. The highest BCUT2D eigenvalue weighted by molar-refractivity contribution is 9.10. The smallest absolute Gasteiger partial charge is 0.317 e. The van der Waals surface area contributed by atoms with Gasteiger partial charge in [0.1, 0.15) is 11.7 Å². The van der Waals surface area contributed by atoms with E-state index in [4.69, 9.17) is 4.74 Å². The quantitative estimate of drug-likeness (QED) is 0.683. The zero-order valence-electron chi connectivity index (χ0n) is 16.8. The van der Waals surface area contributed by atoms with Crippen LogP contribution >= 0.6 is 15.9 Å². The molecule has 3 amide bonds. The molecule has 2 rings (SSSR count). The van der Waals surface area contributed by atoms with E-state index in [1.807, 2.05) is 13.8 Å². The number of nitrogens with zero attached hydrogens (tertiary/aromatic N) is 3. The van der Waals surface area contributed by atoms with Crippen molar-refractivity contribution >= 4 is 27.9 Å². The molecule has 0 saturated carbocycles. The number of carbonyl (C=O) groups excluding carboxylic acids is 2. The Morgan fingerprint density at radius 2 is 2.29 bits per heavy atom. The number of rotatable bonds is 6. The van der Waals surface area contributed by atoms with Crippen LogP contribution in [0, 0.1) is 5.92 Å². The summed E-state index contributed by atoms with van der Waals surface area (Å²) in [5.74, 6) is -0.0649. The van der Waals surface area contributed by atoms with Crippen molar-refractivity contribution in [3.8, 4) is 5.88 Å². The lowest BCUT2D eigenvalue weighted by atomic mass is 10.0. The van der Waals surface area contributed by atoms with E-state index in [9.17, 15) is 14.7 Å². The highest BCUT2D eigenvalue weighted by Crippen LogP contribution is 2.28. The first-order chi connectivity index (χ1) is 13.3. The number of urea groups is 1. The molecule has 156 valence electrons. The van der Waals surface area contributed by atoms with Crippen LogP contribution in [0.3, 0.4) is 0 Å². The number of pyridine rings is 1. The Labute approximate surface area is 174 Å². The second-order valence-electron chi connectivity index (χ2n) is 7.24. The summed E-state index contributed by atoms with van der Waals surface area (Å²) in [6.07, 6.45) is 2.08. The molecule has 2 N–H and O–H groups in total. The average Bonchev–Trinajstić information content (AvgIpc) is 2.68. The topological polar surface area (TPSA) is 95.0 Å². The van der Waals surface area contributed by atoms with E-state index in [2.05, 4.69) is 26.2 Å². The Morgan fingerprint density at radius 3 is 2.93 bits per heavy atom. The number of likely N-dealkylation sites (N-methyl/N-ethyl adjacent to an activating group) is 1. The zero-order valence-corrected chi connectivity index (χ0v) is 18.4. The van der Waals surface area contributed by atoms with E-state index in [0.29, 0.717) is 29.7 Å². The van der Waals surface area contributed by atoms with Gasteiger partial charge in [0.05, 0.1) is 19.2 Å². The Balaban J connectivity index is 2.31. The van der Waals surface area contributed by atoms with Crippen molar-refractivity contribution < 1.29 is 19.4 Å². The lowest BCUT2D eigenvalue weighted by Gasteiger charge is -2.37. The Kier molecular flexibility index (Phi) is 8.06. The van der Waals surface area contributed by atoms with E-state index in [1.54, 1.807) is 36.0 Å². The lowest BCUT2D eigenvalue weighted by Crippen LogP contribution is -2.51. The van der Waals surface area contributed by atoms with Gasteiger partial charge in [0.25, 0.3) is 5.91 Å². The maximum Gasteiger partial charge on any atom is 0.317 e. The maximum atomic E-state index is 13.0. The fourth-order valence-corrected chi connectivity index (χ4v) is 3.35. The van der Waals surface area contributed by atoms with Crippen LogP contribution in [0.4, 0.5) is 4.79 Å². The third-order valence-corrected chi connectivity index (χ3v) is 5.25. The molecule has 8 nitrogen and oxygen atoms in total. The van der Waals surface area contributed by atoms with Crippen LogP contribution in [0.2, 0.25) is 0 Å². The van der Waals surface area contributed by atoms with E-state index >= 15 is 0 Å². The maximum absolute atomic E-state index is 13.0. The number of amides is 3. The molecule has 1 aromatic heterocycles. The number of hydrogen-bond donors (Lipinski definition) is 2. The van der Waals surface area contributed by atoms with E-state index < -0.39 is 0 Å². The third kappa shape index (κ3) is 5.35. The molecule has 28 heavy (non-hydrogen) atoms. The third-order valence-electron chi connectivity index (χ3n) is 4.81. The minimum absolute atomic E-state index is 0.0713. The molecule has 0 saturated heterocycles. The van der Waals surface area contributed by atoms with Gasteiger partial charge in [-0.1, -0.05) is 13.8 Å². The highest BCUT2D eigenvalue weighted by atomic mass is 79.9. The summed E-state index contributed by atoms with van der Waals surface area (Å²) in [6, 6.07) is 1.17. The molecule has 3 atom stereocenters. The fraction of sp³-hybridized carbons (Fsp3) is 0.632. The molecule has 0 unspecified atom stereocenters. The van der Waals surface area contributed by atoms with E-state index in [-0.39, 0.29) is 42.5 Å². The van der Waals surface area contributed by atoms with Crippen molar-refractivity contribution in [1.29, 1.82) is 0 Å². The van der Waals surface area contributed by atoms with Gasteiger partial charge in [0, 0.05) is 36.7 Å². The van der Waals surface area contributed by atoms with Crippen molar-refractivity contribution in [3.63, 3.8) is 0 Å². The first kappa shape index (κ1) is 22.4. The monoisotopic (exact) mass is 456 g/mol. The number of halogens is 1. The molecule has 9 heteroatoms. The van der Waals surface area contributed by atoms with Gasteiger partial charge in [-0.3, -0.25) is 4.79 Å². The number of carbonyl (C=O) groups is 2. The van der Waals surface area contributed by atoms with Crippen molar-refractivity contribution in [3.05, 3.63) is 22.3 Å². The summed E-state index contributed by atoms with van der Waals surface area (Å²) >= 11 is 3.35. The van der Waals surface area contributed by atoms with Crippen molar-refractivity contribution in [2.75, 3.05) is 33.3 Å². The molecule has 0 radical (unpaired) electrons. The first-order valence-corrected chi connectivity index (χ1v) is 10.3. The molecule has 0 bridgehead atoms. The van der Waals surface area contributed by atoms with Gasteiger partial charge in [-0.05, 0) is 35.3 Å². The Morgan fingerprint density at radius 1 is 1.57 bits per heavy atom. The predicted octanol–water partition coefficient (Wildman–Crippen LogP) is 2.12. The summed E-state index contributed by atoms with van der Waals surface area (Å²) in [6.45, 7) is 6.99. The van der Waals surface area contributed by atoms with E-state index in [1.165, 1.54) is 0 Å². The van der Waals surface area contributed by atoms with Crippen molar-refractivity contribution in [2.24, 2.45) is 5.92 Å². The van der Waals surface area contributed by atoms with Crippen molar-refractivity contribution in [1.82, 2.24) is 20.1 Å². The summed E-state index contributed by atoms with van der Waals surface area (Å²) in [7, 11) is 1.72. The summed E-state index contributed by atoms with van der Waals surface area (Å²) in [4.78, 5) is 32.8. The van der Waals surface area contributed by atoms with Crippen LogP contribution in [-0.2, 0) is 0 Å². The number of nitrogens with one attached hydrogen (secondary N) is 1. The fourth-order valence-electron chi connectivity index (χ4n) is 3.01. The summed E-state index contributed by atoms with van der Waals surface area (Å²) in [5.41, 5.74) is 0.338. The van der Waals surface area contributed by atoms with Crippen LogP contribution in [-0.4, -0.2) is 77.3 Å². The molecule has 0 aromatic carbocycles. The molecule has 1 aliphatic rings. The van der Waals surface area contributed by atoms with Gasteiger partial charge in [0.15, 0.2) is 0 Å². The van der Waals surface area contributed by atoms with Gasteiger partial charge in [-0.2, -0.15) is 0 Å². The van der Waals surface area contributed by atoms with Crippen LogP contribution in [0.15, 0.2) is 16.7 Å². The van der Waals surface area contributed by atoms with Crippen LogP contribution < -0.4 is 10.1 Å². The number of aliphatic hydroxyl groups is 1. The molecular weight excluding hydrogens is 428 g/mol. The number of fused-ring (bicyclic) bond motifs is 1. The van der Waals surface area contributed by atoms with Gasteiger partial charge < -0.3 is 25.0 Å². The second kappa shape index (κ2) is 10.1. The van der Waals surface area contributed by atoms with Gasteiger partial charge in [0.2, 0.25) is 5.88 Å². The van der Waals surface area contributed by atoms with Crippen LogP contribution in [0.25, 0.3) is 0 Å². The molecule has 2 heterocycles. The summed E-state index contributed by atoms with van der Waals surface area (Å²) in [5, 5.41) is 12.5. The molecule has 0 aliphatic carbocycles. The minimum atomic E-state index is -0.355. The van der Waals surface area contributed by atoms with Crippen molar-refractivity contribution in [2.45, 2.75) is 39.3 Å². The number of ether oxygens (including phenoxy) is 1. The van der Waals surface area contributed by atoms with Gasteiger partial charge in [-0.25, -0.2) is 9.78 Å². The number of aliphatic hydroxyl groups excluding tert-OH is 1. The normalized spacial score (nSPS) is 20.5. The lowest BCUT2D eigenvalue weighted by molar-refractivity contribution is 0.0352. The standard InChI is InChI=1S/C19H29BrN4O4/c1-5-6-21-19(27)23(4)10-16-12(2)9-24(13(3)11-25)18(26)15-7-14(20)8-22-17(15)28-16/h7-8,12-13,16,25H,5-6,9-11H2,1-4H3,(H,21,27)/t12-,13+,16-/m0/s1. The number of hydrogen-bond acceptors (Lipinski definition) is 5. The zero-order chi connectivity index (χ0) is 20.8. The molecule has 0 spiro atoms. The largest absolute Gasteiger partial charge is 0.472 e. The van der Waals surface area contributed by atoms with Gasteiger partial charge >= 0.3 is 6.03 Å². The first-order valence-electron chi connectivity index (χ1n) is 9.51.